The number of H-pyrrole nitrogens is 1. The lowest BCUT2D eigenvalue weighted by Gasteiger charge is -2.26. The van der Waals surface area contributed by atoms with Gasteiger partial charge >= 0.3 is 0 Å². The molecule has 1 amide bonds. The third-order valence-corrected chi connectivity index (χ3v) is 2.44. The third-order valence-electron chi connectivity index (χ3n) is 2.44. The number of nitrogens with two attached hydrogens (primary N) is 1. The molecule has 1 heterocycles. The lowest BCUT2D eigenvalue weighted by molar-refractivity contribution is -0.122. The third kappa shape index (κ3) is 3.98. The molecule has 0 radical (unpaired) electrons. The van der Waals surface area contributed by atoms with Crippen molar-refractivity contribution >= 4 is 5.91 Å². The maximum Gasteiger partial charge on any atom is 0.221 e. The quantitative estimate of drug-likeness (QED) is 0.681. The minimum absolute atomic E-state index is 0.0659. The van der Waals surface area contributed by atoms with Crippen molar-refractivity contribution in [3.8, 4) is 0 Å². The first-order valence-corrected chi connectivity index (χ1v) is 5.26. The highest BCUT2D eigenvalue weighted by Gasteiger charge is 2.22. The van der Waals surface area contributed by atoms with E-state index in [0.717, 1.165) is 0 Å². The Bertz CT molecular complexity index is 327. The number of hydrogen-bond acceptors (Lipinski definition) is 4. The van der Waals surface area contributed by atoms with Crippen molar-refractivity contribution in [3.05, 3.63) is 12.2 Å². The zero-order valence-corrected chi connectivity index (χ0v) is 9.95. The summed E-state index contributed by atoms with van der Waals surface area (Å²) < 4.78 is 0. The second-order valence-electron chi connectivity index (χ2n) is 4.89. The number of aromatic amines is 1. The van der Waals surface area contributed by atoms with Crippen LogP contribution in [0.5, 0.6) is 0 Å². The van der Waals surface area contributed by atoms with Gasteiger partial charge in [0.15, 0.2) is 0 Å². The van der Waals surface area contributed by atoms with Gasteiger partial charge in [0, 0.05) is 12.5 Å². The van der Waals surface area contributed by atoms with Crippen LogP contribution < -0.4 is 11.1 Å². The standard InChI is InChI=1S/C10H19N5O/c1-10(2,3)7(11)4-9(16)12-5-8-13-6-14-15-8/h6-7H,4-5,11H2,1-3H3,(H,12,16)(H,13,14,15). The maximum atomic E-state index is 11.5. The Morgan fingerprint density at radius 1 is 1.62 bits per heavy atom. The average molecular weight is 225 g/mol. The number of nitrogens with zero attached hydrogens (tertiary/aromatic N) is 2. The second-order valence-corrected chi connectivity index (χ2v) is 4.89. The Balaban J connectivity index is 2.31. The number of nitrogens with one attached hydrogen (secondary N) is 2. The molecular formula is C10H19N5O. The molecule has 0 aromatic carbocycles. The van der Waals surface area contributed by atoms with Crippen molar-refractivity contribution in [3.63, 3.8) is 0 Å². The Morgan fingerprint density at radius 2 is 2.31 bits per heavy atom. The van der Waals surface area contributed by atoms with Gasteiger partial charge < -0.3 is 11.1 Å². The fourth-order valence-electron chi connectivity index (χ4n) is 1.08. The molecule has 0 aliphatic carbocycles. The number of carbonyl (C=O) groups is 1. The van der Waals surface area contributed by atoms with Crippen molar-refractivity contribution in [2.75, 3.05) is 0 Å². The molecule has 16 heavy (non-hydrogen) atoms. The van der Waals surface area contributed by atoms with Crippen molar-refractivity contribution in [1.29, 1.82) is 0 Å². The highest BCUT2D eigenvalue weighted by molar-refractivity contribution is 5.76. The van der Waals surface area contributed by atoms with Crippen molar-refractivity contribution in [2.45, 2.75) is 39.8 Å². The summed E-state index contributed by atoms with van der Waals surface area (Å²) in [4.78, 5) is 15.4. The largest absolute Gasteiger partial charge is 0.349 e. The smallest absolute Gasteiger partial charge is 0.221 e. The zero-order chi connectivity index (χ0) is 12.2. The number of rotatable bonds is 4. The van der Waals surface area contributed by atoms with Crippen LogP contribution in [0.3, 0.4) is 0 Å². The van der Waals surface area contributed by atoms with Crippen LogP contribution in [-0.4, -0.2) is 27.1 Å². The van der Waals surface area contributed by atoms with Crippen LogP contribution in [0, 0.1) is 5.41 Å². The minimum Gasteiger partial charge on any atom is -0.349 e. The first-order chi connectivity index (χ1) is 7.39. The summed E-state index contributed by atoms with van der Waals surface area (Å²) in [7, 11) is 0. The normalized spacial score (nSPS) is 13.5. The summed E-state index contributed by atoms with van der Waals surface area (Å²) >= 11 is 0. The van der Waals surface area contributed by atoms with E-state index in [9.17, 15) is 4.79 Å². The number of carbonyl (C=O) groups excluding carboxylic acids is 1. The molecule has 1 atom stereocenters. The lowest BCUT2D eigenvalue weighted by atomic mass is 9.85. The van der Waals surface area contributed by atoms with Crippen molar-refractivity contribution < 1.29 is 4.79 Å². The molecule has 0 bridgehead atoms. The molecule has 1 unspecified atom stereocenters. The van der Waals surface area contributed by atoms with E-state index in [1.54, 1.807) is 0 Å². The van der Waals surface area contributed by atoms with E-state index < -0.39 is 0 Å². The van der Waals surface area contributed by atoms with Crippen LogP contribution in [0.4, 0.5) is 0 Å². The van der Waals surface area contributed by atoms with Gasteiger partial charge in [0.1, 0.15) is 12.2 Å². The molecule has 0 aliphatic heterocycles. The second kappa shape index (κ2) is 5.07. The first-order valence-electron chi connectivity index (χ1n) is 5.26. The molecule has 4 N–H and O–H groups in total. The molecule has 0 aliphatic rings. The van der Waals surface area contributed by atoms with Crippen LogP contribution in [0.1, 0.15) is 33.0 Å². The van der Waals surface area contributed by atoms with Gasteiger partial charge in [-0.3, -0.25) is 9.89 Å². The van der Waals surface area contributed by atoms with Crippen LogP contribution in [0.25, 0.3) is 0 Å². The van der Waals surface area contributed by atoms with E-state index in [1.807, 2.05) is 20.8 Å². The van der Waals surface area contributed by atoms with E-state index in [-0.39, 0.29) is 17.4 Å². The number of hydrogen-bond donors (Lipinski definition) is 3. The summed E-state index contributed by atoms with van der Waals surface area (Å²) in [6.07, 6.45) is 1.72. The molecule has 1 rings (SSSR count). The molecule has 90 valence electrons. The van der Waals surface area contributed by atoms with E-state index >= 15 is 0 Å². The van der Waals surface area contributed by atoms with Gasteiger partial charge in [0.25, 0.3) is 0 Å². The monoisotopic (exact) mass is 225 g/mol. The summed E-state index contributed by atoms with van der Waals surface area (Å²) in [5.41, 5.74) is 5.84. The average Bonchev–Trinajstić information content (AvgIpc) is 2.65. The molecular weight excluding hydrogens is 206 g/mol. The molecule has 0 fully saturated rings. The van der Waals surface area contributed by atoms with E-state index in [4.69, 9.17) is 5.73 Å². The summed E-state index contributed by atoms with van der Waals surface area (Å²) in [6, 6.07) is -0.151. The molecule has 0 saturated heterocycles. The van der Waals surface area contributed by atoms with Gasteiger partial charge in [-0.05, 0) is 5.41 Å². The maximum absolute atomic E-state index is 11.5. The molecule has 0 saturated carbocycles. The summed E-state index contributed by atoms with van der Waals surface area (Å²) in [6.45, 7) is 6.40. The van der Waals surface area contributed by atoms with E-state index in [2.05, 4.69) is 20.5 Å². The lowest BCUT2D eigenvalue weighted by Crippen LogP contribution is -2.40. The van der Waals surface area contributed by atoms with E-state index in [0.29, 0.717) is 18.8 Å². The fraction of sp³-hybridized carbons (Fsp3) is 0.700. The Kier molecular flexibility index (Phi) is 4.00. The molecule has 6 nitrogen and oxygen atoms in total. The van der Waals surface area contributed by atoms with Gasteiger partial charge in [-0.25, -0.2) is 4.98 Å². The molecule has 0 spiro atoms. The molecule has 6 heteroatoms. The molecule has 1 aromatic rings. The Morgan fingerprint density at radius 3 is 2.81 bits per heavy atom. The summed E-state index contributed by atoms with van der Waals surface area (Å²) in [5.74, 6) is 0.566. The predicted octanol–water partition coefficient (Wildman–Crippen LogP) is 0.184. The number of aromatic nitrogens is 3. The van der Waals surface area contributed by atoms with Gasteiger partial charge in [-0.1, -0.05) is 20.8 Å². The number of amides is 1. The van der Waals surface area contributed by atoms with Crippen LogP contribution in [-0.2, 0) is 11.3 Å². The summed E-state index contributed by atoms with van der Waals surface area (Å²) in [5, 5.41) is 9.09. The topological polar surface area (TPSA) is 96.7 Å². The van der Waals surface area contributed by atoms with Gasteiger partial charge in [0.2, 0.25) is 5.91 Å². The minimum atomic E-state index is -0.151. The van der Waals surface area contributed by atoms with Gasteiger partial charge in [0.05, 0.1) is 6.54 Å². The highest BCUT2D eigenvalue weighted by Crippen LogP contribution is 2.19. The van der Waals surface area contributed by atoms with Gasteiger partial charge in [-0.2, -0.15) is 5.10 Å². The molecule has 1 aromatic heterocycles. The SMILES string of the molecule is CC(C)(C)C(N)CC(=O)NCc1ncn[nH]1. The highest BCUT2D eigenvalue weighted by atomic mass is 16.1. The van der Waals surface area contributed by atoms with Crippen molar-refractivity contribution in [2.24, 2.45) is 11.1 Å². The van der Waals surface area contributed by atoms with Gasteiger partial charge in [-0.15, -0.1) is 0 Å². The van der Waals surface area contributed by atoms with Crippen LogP contribution >= 0.6 is 0 Å². The zero-order valence-electron chi connectivity index (χ0n) is 9.95. The van der Waals surface area contributed by atoms with Crippen molar-refractivity contribution in [1.82, 2.24) is 20.5 Å². The Hall–Kier alpha value is -1.43. The Labute approximate surface area is 95.0 Å². The van der Waals surface area contributed by atoms with Crippen LogP contribution in [0.15, 0.2) is 6.33 Å². The van der Waals surface area contributed by atoms with Crippen LogP contribution in [0.2, 0.25) is 0 Å². The predicted molar refractivity (Wildman–Crippen MR) is 60.3 cm³/mol. The van der Waals surface area contributed by atoms with E-state index in [1.165, 1.54) is 6.33 Å². The fourth-order valence-corrected chi connectivity index (χ4v) is 1.08. The first kappa shape index (κ1) is 12.6.